The largest absolute Gasteiger partial charge is 0.373 e. The fourth-order valence-electron chi connectivity index (χ4n) is 3.07. The summed E-state index contributed by atoms with van der Waals surface area (Å²) in [5.74, 6) is 0.959. The van der Waals surface area contributed by atoms with Crippen molar-refractivity contribution in [2.45, 2.75) is 25.7 Å². The lowest BCUT2D eigenvalue weighted by atomic mass is 10.1. The van der Waals surface area contributed by atoms with Crippen LogP contribution in [0.1, 0.15) is 31.2 Å². The topological polar surface area (TPSA) is 94.0 Å². The quantitative estimate of drug-likeness (QED) is 0.719. The highest BCUT2D eigenvalue weighted by atomic mass is 16.1. The van der Waals surface area contributed by atoms with Crippen LogP contribution in [-0.4, -0.2) is 41.7 Å². The Labute approximate surface area is 153 Å². The van der Waals surface area contributed by atoms with E-state index in [0.29, 0.717) is 17.1 Å². The molecule has 0 atom stereocenters. The lowest BCUT2D eigenvalue weighted by Crippen LogP contribution is -2.27. The van der Waals surface area contributed by atoms with E-state index in [1.807, 2.05) is 6.07 Å². The number of pyridine rings is 2. The minimum atomic E-state index is -0.475. The second kappa shape index (κ2) is 8.42. The number of carbonyl (C=O) groups excluding carboxylic acids is 1. The number of aromatic nitrogens is 2. The molecule has 2 aromatic heterocycles. The molecule has 136 valence electrons. The van der Waals surface area contributed by atoms with Crippen molar-refractivity contribution in [3.05, 3.63) is 42.2 Å². The highest BCUT2D eigenvalue weighted by Crippen LogP contribution is 2.22. The molecule has 1 aliphatic rings. The third-order valence-electron chi connectivity index (χ3n) is 4.48. The van der Waals surface area contributed by atoms with Crippen LogP contribution in [0.25, 0.3) is 0 Å². The van der Waals surface area contributed by atoms with E-state index in [9.17, 15) is 4.79 Å². The van der Waals surface area contributed by atoms with Crippen molar-refractivity contribution < 1.29 is 4.79 Å². The van der Waals surface area contributed by atoms with E-state index in [4.69, 9.17) is 5.41 Å². The molecular formula is C19H24N6O. The summed E-state index contributed by atoms with van der Waals surface area (Å²) in [5.41, 5.74) is 0.966. The van der Waals surface area contributed by atoms with Crippen molar-refractivity contribution in [1.82, 2.24) is 9.97 Å². The molecule has 3 N–H and O–H groups in total. The average molecular weight is 352 g/mol. The number of anilines is 3. The summed E-state index contributed by atoms with van der Waals surface area (Å²) in [5, 5.41) is 14.0. The Bertz CT molecular complexity index is 769. The molecule has 0 radical (unpaired) electrons. The number of amides is 1. The lowest BCUT2D eigenvalue weighted by molar-refractivity contribution is -0.110. The Hall–Kier alpha value is -2.96. The van der Waals surface area contributed by atoms with Gasteiger partial charge in [0.05, 0.1) is 0 Å². The molecule has 1 fully saturated rings. The normalized spacial score (nSPS) is 14.4. The van der Waals surface area contributed by atoms with Gasteiger partial charge in [0.25, 0.3) is 5.91 Å². The van der Waals surface area contributed by atoms with Crippen molar-refractivity contribution in [2.24, 2.45) is 0 Å². The Morgan fingerprint density at radius 3 is 2.42 bits per heavy atom. The molecular weight excluding hydrogens is 328 g/mol. The zero-order valence-electron chi connectivity index (χ0n) is 15.0. The Balaban J connectivity index is 1.78. The minimum Gasteiger partial charge on any atom is -0.373 e. The van der Waals surface area contributed by atoms with E-state index in [-0.39, 0.29) is 5.71 Å². The molecule has 2 aromatic rings. The first kappa shape index (κ1) is 17.8. The number of nitrogens with zero attached hydrogens (tertiary/aromatic N) is 3. The van der Waals surface area contributed by atoms with Gasteiger partial charge in [0, 0.05) is 43.8 Å². The SMILES string of the molecule is CNc1nc(N2CCCCCC2)ccc1C(=N)C(=O)Nc1ccncc1. The Morgan fingerprint density at radius 1 is 1.08 bits per heavy atom. The molecule has 3 heterocycles. The molecule has 0 aromatic carbocycles. The van der Waals surface area contributed by atoms with Crippen LogP contribution in [0, 0.1) is 5.41 Å². The molecule has 1 amide bonds. The summed E-state index contributed by atoms with van der Waals surface area (Å²) < 4.78 is 0. The fourth-order valence-corrected chi connectivity index (χ4v) is 3.07. The van der Waals surface area contributed by atoms with Crippen molar-refractivity contribution in [1.29, 1.82) is 5.41 Å². The molecule has 26 heavy (non-hydrogen) atoms. The molecule has 0 bridgehead atoms. The highest BCUT2D eigenvalue weighted by Gasteiger charge is 2.19. The van der Waals surface area contributed by atoms with Crippen LogP contribution < -0.4 is 15.5 Å². The van der Waals surface area contributed by atoms with Gasteiger partial charge in [-0.25, -0.2) is 4.98 Å². The smallest absolute Gasteiger partial charge is 0.274 e. The van der Waals surface area contributed by atoms with Crippen molar-refractivity contribution in [3.63, 3.8) is 0 Å². The molecule has 0 unspecified atom stereocenters. The number of nitrogens with one attached hydrogen (secondary N) is 3. The highest BCUT2D eigenvalue weighted by molar-refractivity contribution is 6.48. The van der Waals surface area contributed by atoms with Gasteiger partial charge in [-0.3, -0.25) is 15.2 Å². The van der Waals surface area contributed by atoms with Crippen LogP contribution in [0.3, 0.4) is 0 Å². The van der Waals surface area contributed by atoms with Gasteiger partial charge in [-0.05, 0) is 37.1 Å². The first-order valence-electron chi connectivity index (χ1n) is 8.93. The minimum absolute atomic E-state index is 0.124. The zero-order valence-corrected chi connectivity index (χ0v) is 15.0. The predicted octanol–water partition coefficient (Wildman–Crippen LogP) is 2.91. The number of hydrogen-bond acceptors (Lipinski definition) is 6. The number of carbonyl (C=O) groups is 1. The first-order valence-corrected chi connectivity index (χ1v) is 8.93. The summed E-state index contributed by atoms with van der Waals surface area (Å²) in [7, 11) is 1.76. The van der Waals surface area contributed by atoms with Crippen LogP contribution in [0.15, 0.2) is 36.7 Å². The molecule has 7 heteroatoms. The van der Waals surface area contributed by atoms with Gasteiger partial charge in [-0.2, -0.15) is 0 Å². The van der Waals surface area contributed by atoms with Crippen LogP contribution in [0.2, 0.25) is 0 Å². The standard InChI is InChI=1S/C19H24N6O/c1-21-18-15(17(20)19(26)23-14-8-10-22-11-9-14)6-7-16(24-18)25-12-4-2-3-5-13-25/h6-11,20H,2-5,12-13H2,1H3,(H,21,24)(H,22,23,26). The summed E-state index contributed by atoms with van der Waals surface area (Å²) in [6, 6.07) is 7.07. The third-order valence-corrected chi connectivity index (χ3v) is 4.48. The predicted molar refractivity (Wildman–Crippen MR) is 104 cm³/mol. The number of rotatable bonds is 5. The molecule has 7 nitrogen and oxygen atoms in total. The van der Waals surface area contributed by atoms with E-state index in [1.54, 1.807) is 37.6 Å². The Kier molecular flexibility index (Phi) is 5.78. The Morgan fingerprint density at radius 2 is 1.77 bits per heavy atom. The fraction of sp³-hybridized carbons (Fsp3) is 0.368. The van der Waals surface area contributed by atoms with Crippen molar-refractivity contribution in [3.8, 4) is 0 Å². The second-order valence-electron chi connectivity index (χ2n) is 6.28. The van der Waals surface area contributed by atoms with Gasteiger partial charge in [0.1, 0.15) is 17.3 Å². The average Bonchev–Trinajstić information content (AvgIpc) is 2.97. The summed E-state index contributed by atoms with van der Waals surface area (Å²) in [6.45, 7) is 1.99. The first-order chi connectivity index (χ1) is 12.7. The molecule has 0 saturated carbocycles. The summed E-state index contributed by atoms with van der Waals surface area (Å²) in [4.78, 5) is 23.2. The van der Waals surface area contributed by atoms with E-state index in [2.05, 4.69) is 25.5 Å². The van der Waals surface area contributed by atoms with Gasteiger partial charge in [-0.15, -0.1) is 0 Å². The van der Waals surface area contributed by atoms with Crippen LogP contribution in [0.5, 0.6) is 0 Å². The molecule has 1 aliphatic heterocycles. The lowest BCUT2D eigenvalue weighted by Gasteiger charge is -2.22. The maximum Gasteiger partial charge on any atom is 0.274 e. The molecule has 3 rings (SSSR count). The van der Waals surface area contributed by atoms with Crippen molar-refractivity contribution >= 4 is 28.9 Å². The van der Waals surface area contributed by atoms with Gasteiger partial charge in [0.2, 0.25) is 0 Å². The van der Waals surface area contributed by atoms with Crippen LogP contribution in [0.4, 0.5) is 17.3 Å². The van der Waals surface area contributed by atoms with E-state index in [0.717, 1.165) is 18.9 Å². The van der Waals surface area contributed by atoms with Gasteiger partial charge >= 0.3 is 0 Å². The number of hydrogen-bond donors (Lipinski definition) is 3. The van der Waals surface area contributed by atoms with E-state index < -0.39 is 5.91 Å². The second-order valence-corrected chi connectivity index (χ2v) is 6.28. The monoisotopic (exact) mass is 352 g/mol. The van der Waals surface area contributed by atoms with Gasteiger partial charge in [0.15, 0.2) is 0 Å². The molecule has 1 saturated heterocycles. The zero-order chi connectivity index (χ0) is 18.4. The molecule has 0 aliphatic carbocycles. The summed E-state index contributed by atoms with van der Waals surface area (Å²) >= 11 is 0. The van der Waals surface area contributed by atoms with Crippen molar-refractivity contribution in [2.75, 3.05) is 35.7 Å². The third kappa shape index (κ3) is 4.17. The van der Waals surface area contributed by atoms with E-state index >= 15 is 0 Å². The van der Waals surface area contributed by atoms with Gasteiger partial charge in [-0.1, -0.05) is 12.8 Å². The molecule has 0 spiro atoms. The van der Waals surface area contributed by atoms with Crippen LogP contribution in [-0.2, 0) is 4.79 Å². The van der Waals surface area contributed by atoms with Gasteiger partial charge < -0.3 is 15.5 Å². The maximum atomic E-state index is 12.4. The van der Waals surface area contributed by atoms with E-state index in [1.165, 1.54) is 25.7 Å². The van der Waals surface area contributed by atoms with Crippen LogP contribution >= 0.6 is 0 Å². The summed E-state index contributed by atoms with van der Waals surface area (Å²) in [6.07, 6.45) is 8.04. The maximum absolute atomic E-state index is 12.4.